The molecule has 1 unspecified atom stereocenters. The van der Waals surface area contributed by atoms with E-state index in [1.807, 2.05) is 0 Å². The topological polar surface area (TPSA) is 41.3 Å². The first-order chi connectivity index (χ1) is 8.34. The van der Waals surface area contributed by atoms with Crippen LogP contribution < -0.4 is 11.1 Å². The third-order valence-electron chi connectivity index (χ3n) is 4.01. The van der Waals surface area contributed by atoms with Crippen LogP contribution in [0.15, 0.2) is 18.2 Å². The molecule has 0 bridgehead atoms. The lowest BCUT2D eigenvalue weighted by Gasteiger charge is -2.32. The summed E-state index contributed by atoms with van der Waals surface area (Å²) in [5.74, 6) is 0. The minimum atomic E-state index is 0.0722. The number of hydrogen-bond donors (Lipinski definition) is 2. The zero-order valence-corrected chi connectivity index (χ0v) is 10.3. The first-order valence-corrected chi connectivity index (χ1v) is 6.66. The Morgan fingerprint density at radius 2 is 1.88 bits per heavy atom. The van der Waals surface area contributed by atoms with E-state index in [1.165, 1.54) is 36.0 Å². The smallest absolute Gasteiger partial charge is 0.0836 e. The van der Waals surface area contributed by atoms with Gasteiger partial charge in [0.15, 0.2) is 0 Å². The molecule has 1 aromatic rings. The van der Waals surface area contributed by atoms with Gasteiger partial charge in [-0.2, -0.15) is 0 Å². The van der Waals surface area contributed by atoms with Crippen molar-refractivity contribution < 1.29 is 0 Å². The number of nitrogens with two attached hydrogens (primary N) is 1. The molecule has 0 spiro atoms. The molecular formula is C14H21N3. The predicted molar refractivity (Wildman–Crippen MR) is 69.8 cm³/mol. The summed E-state index contributed by atoms with van der Waals surface area (Å²) in [6, 6.07) is 6.83. The van der Waals surface area contributed by atoms with Gasteiger partial charge in [0.05, 0.1) is 6.17 Å². The van der Waals surface area contributed by atoms with Crippen molar-refractivity contribution in [2.75, 3.05) is 26.2 Å². The Balaban J connectivity index is 1.78. The lowest BCUT2D eigenvalue weighted by molar-refractivity contribution is 0.177. The molecule has 17 heavy (non-hydrogen) atoms. The van der Waals surface area contributed by atoms with E-state index in [4.69, 9.17) is 5.73 Å². The molecule has 0 radical (unpaired) electrons. The van der Waals surface area contributed by atoms with Crippen LogP contribution in [-0.2, 0) is 12.8 Å². The van der Waals surface area contributed by atoms with Crippen molar-refractivity contribution >= 4 is 0 Å². The Morgan fingerprint density at radius 1 is 1.12 bits per heavy atom. The molecule has 1 aliphatic carbocycles. The molecule has 1 atom stereocenters. The van der Waals surface area contributed by atoms with Crippen LogP contribution in [0.2, 0.25) is 0 Å². The van der Waals surface area contributed by atoms with Gasteiger partial charge in [-0.25, -0.2) is 0 Å². The zero-order chi connectivity index (χ0) is 11.7. The summed E-state index contributed by atoms with van der Waals surface area (Å²) in [6.45, 7) is 4.22. The Bertz CT molecular complexity index is 396. The number of nitrogens with zero attached hydrogens (tertiary/aromatic N) is 1. The van der Waals surface area contributed by atoms with Crippen LogP contribution >= 0.6 is 0 Å². The summed E-state index contributed by atoms with van der Waals surface area (Å²) < 4.78 is 0. The Labute approximate surface area is 103 Å². The van der Waals surface area contributed by atoms with Crippen LogP contribution in [0.4, 0.5) is 0 Å². The molecule has 2 aliphatic rings. The number of fused-ring (bicyclic) bond motifs is 1. The van der Waals surface area contributed by atoms with E-state index in [0.717, 1.165) is 26.2 Å². The predicted octanol–water partition coefficient (Wildman–Crippen LogP) is 1.04. The maximum atomic E-state index is 6.36. The van der Waals surface area contributed by atoms with E-state index >= 15 is 0 Å². The number of aryl methyl sites for hydroxylation is 2. The van der Waals surface area contributed by atoms with Crippen LogP contribution in [0, 0.1) is 0 Å². The van der Waals surface area contributed by atoms with E-state index in [2.05, 4.69) is 28.4 Å². The highest BCUT2D eigenvalue weighted by Crippen LogP contribution is 2.26. The highest BCUT2D eigenvalue weighted by molar-refractivity contribution is 5.36. The lowest BCUT2D eigenvalue weighted by Crippen LogP contribution is -2.47. The zero-order valence-electron chi connectivity index (χ0n) is 10.3. The van der Waals surface area contributed by atoms with Gasteiger partial charge < -0.3 is 11.1 Å². The van der Waals surface area contributed by atoms with Crippen molar-refractivity contribution in [3.8, 4) is 0 Å². The first kappa shape index (κ1) is 11.2. The molecule has 92 valence electrons. The summed E-state index contributed by atoms with van der Waals surface area (Å²) in [5, 5.41) is 3.37. The highest BCUT2D eigenvalue weighted by atomic mass is 15.3. The first-order valence-electron chi connectivity index (χ1n) is 6.66. The molecule has 3 heteroatoms. The van der Waals surface area contributed by atoms with Gasteiger partial charge in [-0.1, -0.05) is 18.2 Å². The Morgan fingerprint density at radius 3 is 2.71 bits per heavy atom. The second kappa shape index (κ2) is 4.77. The van der Waals surface area contributed by atoms with Crippen LogP contribution in [-0.4, -0.2) is 31.1 Å². The fraction of sp³-hybridized carbons (Fsp3) is 0.571. The van der Waals surface area contributed by atoms with Crippen molar-refractivity contribution in [1.82, 2.24) is 10.2 Å². The van der Waals surface area contributed by atoms with Crippen molar-refractivity contribution in [2.24, 2.45) is 5.73 Å². The van der Waals surface area contributed by atoms with E-state index in [9.17, 15) is 0 Å². The van der Waals surface area contributed by atoms with Gasteiger partial charge in [-0.05, 0) is 36.0 Å². The molecule has 1 aliphatic heterocycles. The molecule has 1 heterocycles. The number of nitrogens with one attached hydrogen (secondary N) is 1. The quantitative estimate of drug-likeness (QED) is 0.799. The Hall–Kier alpha value is -0.900. The summed E-state index contributed by atoms with van der Waals surface area (Å²) in [6.07, 6.45) is 3.86. The number of piperazine rings is 1. The third-order valence-corrected chi connectivity index (χ3v) is 4.01. The van der Waals surface area contributed by atoms with Gasteiger partial charge in [-0.3, -0.25) is 4.90 Å². The molecule has 3 N–H and O–H groups in total. The SMILES string of the molecule is NC(c1ccc2c(c1)CCC2)N1CCNCC1. The highest BCUT2D eigenvalue weighted by Gasteiger charge is 2.20. The fourth-order valence-corrected chi connectivity index (χ4v) is 2.95. The molecule has 0 aromatic heterocycles. The van der Waals surface area contributed by atoms with E-state index in [1.54, 1.807) is 0 Å². The molecule has 0 saturated carbocycles. The van der Waals surface area contributed by atoms with Crippen molar-refractivity contribution in [1.29, 1.82) is 0 Å². The van der Waals surface area contributed by atoms with Gasteiger partial charge in [0.25, 0.3) is 0 Å². The minimum Gasteiger partial charge on any atom is -0.314 e. The molecule has 1 aromatic carbocycles. The second-order valence-corrected chi connectivity index (χ2v) is 5.11. The molecule has 1 saturated heterocycles. The third kappa shape index (κ3) is 2.23. The summed E-state index contributed by atoms with van der Waals surface area (Å²) in [4.78, 5) is 2.37. The van der Waals surface area contributed by atoms with Crippen LogP contribution in [0.25, 0.3) is 0 Å². The lowest BCUT2D eigenvalue weighted by atomic mass is 10.0. The van der Waals surface area contributed by atoms with Crippen molar-refractivity contribution in [2.45, 2.75) is 25.4 Å². The average Bonchev–Trinajstić information content (AvgIpc) is 2.86. The summed E-state index contributed by atoms with van der Waals surface area (Å²) in [5.41, 5.74) is 10.7. The fourth-order valence-electron chi connectivity index (χ4n) is 2.95. The standard InChI is InChI=1S/C14H21N3/c15-14(17-8-6-16-7-9-17)13-5-4-11-2-1-3-12(11)10-13/h4-5,10,14,16H,1-3,6-9,15H2. The normalized spacial score (nSPS) is 22.4. The minimum absolute atomic E-state index is 0.0722. The van der Waals surface area contributed by atoms with Gasteiger partial charge in [-0.15, -0.1) is 0 Å². The van der Waals surface area contributed by atoms with Crippen LogP contribution in [0.5, 0.6) is 0 Å². The molecule has 1 fully saturated rings. The van der Waals surface area contributed by atoms with Crippen LogP contribution in [0.3, 0.4) is 0 Å². The maximum Gasteiger partial charge on any atom is 0.0836 e. The Kier molecular flexibility index (Phi) is 3.14. The number of hydrogen-bond acceptors (Lipinski definition) is 3. The maximum absolute atomic E-state index is 6.36. The van der Waals surface area contributed by atoms with Crippen molar-refractivity contribution in [3.05, 3.63) is 34.9 Å². The van der Waals surface area contributed by atoms with Crippen LogP contribution in [0.1, 0.15) is 29.3 Å². The average molecular weight is 231 g/mol. The molecule has 3 nitrogen and oxygen atoms in total. The summed E-state index contributed by atoms with van der Waals surface area (Å²) in [7, 11) is 0. The summed E-state index contributed by atoms with van der Waals surface area (Å²) >= 11 is 0. The molecule has 0 amide bonds. The van der Waals surface area contributed by atoms with E-state index in [0.29, 0.717) is 0 Å². The molecule has 3 rings (SSSR count). The van der Waals surface area contributed by atoms with E-state index < -0.39 is 0 Å². The van der Waals surface area contributed by atoms with Crippen molar-refractivity contribution in [3.63, 3.8) is 0 Å². The van der Waals surface area contributed by atoms with Gasteiger partial charge in [0.1, 0.15) is 0 Å². The second-order valence-electron chi connectivity index (χ2n) is 5.11. The van der Waals surface area contributed by atoms with Gasteiger partial charge in [0.2, 0.25) is 0 Å². The molecular weight excluding hydrogens is 210 g/mol. The number of rotatable bonds is 2. The van der Waals surface area contributed by atoms with Gasteiger partial charge >= 0.3 is 0 Å². The van der Waals surface area contributed by atoms with E-state index in [-0.39, 0.29) is 6.17 Å². The number of benzene rings is 1. The largest absolute Gasteiger partial charge is 0.314 e. The van der Waals surface area contributed by atoms with Gasteiger partial charge in [0, 0.05) is 26.2 Å². The monoisotopic (exact) mass is 231 g/mol.